The van der Waals surface area contributed by atoms with Gasteiger partial charge in [-0.1, -0.05) is 0 Å². The molecule has 5 heteroatoms. The van der Waals surface area contributed by atoms with Gasteiger partial charge in [-0.3, -0.25) is 9.59 Å². The van der Waals surface area contributed by atoms with Crippen LogP contribution in [0.15, 0.2) is 39.7 Å². The number of fused-ring (bicyclic) bond motifs is 1. The van der Waals surface area contributed by atoms with E-state index in [0.29, 0.717) is 11.0 Å². The summed E-state index contributed by atoms with van der Waals surface area (Å²) in [5.74, 6) is -0.245. The predicted molar refractivity (Wildman–Crippen MR) is 76.5 cm³/mol. The van der Waals surface area contributed by atoms with Crippen LogP contribution in [-0.2, 0) is 4.79 Å². The van der Waals surface area contributed by atoms with Crippen LogP contribution in [0.1, 0.15) is 19.4 Å². The topological polar surface area (TPSA) is 79.5 Å². The number of benzene rings is 1. The molecule has 5 nitrogen and oxygen atoms in total. The molecular formula is C15H15NO4. The standard InChI is InChI=1S/C15H15NO4/c1-9(2)16-14(18)6-3-10-8-20-13-7-11(17)4-5-12(13)15(10)19/h3-9,17H,1-2H3,(H,16,18)/b6-3+. The lowest BCUT2D eigenvalue weighted by Gasteiger charge is -2.04. The van der Waals surface area contributed by atoms with Gasteiger partial charge in [0.05, 0.1) is 10.9 Å². The Morgan fingerprint density at radius 3 is 2.85 bits per heavy atom. The van der Waals surface area contributed by atoms with Gasteiger partial charge in [-0.05, 0) is 32.1 Å². The van der Waals surface area contributed by atoms with Crippen LogP contribution >= 0.6 is 0 Å². The Morgan fingerprint density at radius 2 is 2.15 bits per heavy atom. The van der Waals surface area contributed by atoms with Gasteiger partial charge in [0.2, 0.25) is 5.91 Å². The number of aromatic hydroxyl groups is 1. The molecule has 0 fully saturated rings. The van der Waals surface area contributed by atoms with Crippen LogP contribution in [0, 0.1) is 0 Å². The van der Waals surface area contributed by atoms with Crippen molar-refractivity contribution in [2.75, 3.05) is 0 Å². The van der Waals surface area contributed by atoms with Crippen molar-refractivity contribution < 1.29 is 14.3 Å². The van der Waals surface area contributed by atoms with Crippen molar-refractivity contribution in [3.8, 4) is 5.75 Å². The van der Waals surface area contributed by atoms with Crippen molar-refractivity contribution in [3.63, 3.8) is 0 Å². The van der Waals surface area contributed by atoms with Crippen LogP contribution in [0.4, 0.5) is 0 Å². The predicted octanol–water partition coefficient (Wildman–Crippen LogP) is 2.04. The number of phenolic OH excluding ortho intramolecular Hbond substituents is 1. The molecular weight excluding hydrogens is 258 g/mol. The summed E-state index contributed by atoms with van der Waals surface area (Å²) in [6, 6.07) is 4.30. The minimum Gasteiger partial charge on any atom is -0.508 e. The minimum absolute atomic E-state index is 0.0280. The quantitative estimate of drug-likeness (QED) is 0.839. The number of amides is 1. The van der Waals surface area contributed by atoms with Crippen molar-refractivity contribution in [1.29, 1.82) is 0 Å². The minimum atomic E-state index is -0.273. The van der Waals surface area contributed by atoms with Gasteiger partial charge in [0.15, 0.2) is 5.43 Å². The first kappa shape index (κ1) is 13.9. The third-order valence-electron chi connectivity index (χ3n) is 2.63. The van der Waals surface area contributed by atoms with Crippen molar-refractivity contribution >= 4 is 23.0 Å². The zero-order chi connectivity index (χ0) is 14.7. The molecule has 0 saturated heterocycles. The Morgan fingerprint density at radius 1 is 1.40 bits per heavy atom. The molecule has 0 radical (unpaired) electrons. The Kier molecular flexibility index (Phi) is 3.89. The second-order valence-corrected chi connectivity index (χ2v) is 4.70. The molecule has 0 bridgehead atoms. The fraction of sp³-hybridized carbons (Fsp3) is 0.200. The van der Waals surface area contributed by atoms with Gasteiger partial charge in [-0.25, -0.2) is 0 Å². The van der Waals surface area contributed by atoms with Gasteiger partial charge in [-0.15, -0.1) is 0 Å². The molecule has 1 aromatic carbocycles. The summed E-state index contributed by atoms with van der Waals surface area (Å²) >= 11 is 0. The highest BCUT2D eigenvalue weighted by Crippen LogP contribution is 2.17. The highest BCUT2D eigenvalue weighted by atomic mass is 16.3. The Balaban J connectivity index is 2.34. The van der Waals surface area contributed by atoms with E-state index in [2.05, 4.69) is 5.32 Å². The summed E-state index contributed by atoms with van der Waals surface area (Å²) in [6.07, 6.45) is 3.97. The molecule has 0 aliphatic rings. The third kappa shape index (κ3) is 3.06. The summed E-state index contributed by atoms with van der Waals surface area (Å²) in [6.45, 7) is 3.70. The van der Waals surface area contributed by atoms with E-state index in [1.807, 2.05) is 13.8 Å². The van der Waals surface area contributed by atoms with E-state index in [4.69, 9.17) is 4.42 Å². The van der Waals surface area contributed by atoms with Gasteiger partial charge in [0, 0.05) is 18.2 Å². The van der Waals surface area contributed by atoms with E-state index in [-0.39, 0.29) is 28.7 Å². The van der Waals surface area contributed by atoms with Crippen LogP contribution in [-0.4, -0.2) is 17.1 Å². The van der Waals surface area contributed by atoms with Gasteiger partial charge >= 0.3 is 0 Å². The van der Waals surface area contributed by atoms with E-state index < -0.39 is 0 Å². The molecule has 0 atom stereocenters. The number of carbonyl (C=O) groups excluding carboxylic acids is 1. The average molecular weight is 273 g/mol. The van der Waals surface area contributed by atoms with Gasteiger partial charge < -0.3 is 14.8 Å². The van der Waals surface area contributed by atoms with Crippen molar-refractivity contribution in [1.82, 2.24) is 5.32 Å². The fourth-order valence-corrected chi connectivity index (χ4v) is 1.75. The highest BCUT2D eigenvalue weighted by Gasteiger charge is 2.06. The number of hydrogen-bond acceptors (Lipinski definition) is 4. The number of phenols is 1. The molecule has 2 rings (SSSR count). The van der Waals surface area contributed by atoms with Crippen LogP contribution < -0.4 is 10.7 Å². The number of nitrogens with one attached hydrogen (secondary N) is 1. The zero-order valence-electron chi connectivity index (χ0n) is 11.2. The molecule has 0 unspecified atom stereocenters. The molecule has 0 aliphatic heterocycles. The van der Waals surface area contributed by atoms with Crippen molar-refractivity contribution in [3.05, 3.63) is 46.3 Å². The lowest BCUT2D eigenvalue weighted by atomic mass is 10.1. The SMILES string of the molecule is CC(C)NC(=O)/C=C/c1coc2cc(O)ccc2c1=O. The first-order valence-corrected chi connectivity index (χ1v) is 6.20. The largest absolute Gasteiger partial charge is 0.508 e. The van der Waals surface area contributed by atoms with Crippen LogP contribution in [0.5, 0.6) is 5.75 Å². The second-order valence-electron chi connectivity index (χ2n) is 4.70. The first-order chi connectivity index (χ1) is 9.47. The summed E-state index contributed by atoms with van der Waals surface area (Å²) in [5, 5.41) is 12.4. The molecule has 0 saturated carbocycles. The number of hydrogen-bond donors (Lipinski definition) is 2. The average Bonchev–Trinajstić information content (AvgIpc) is 2.37. The summed E-state index contributed by atoms with van der Waals surface area (Å²) in [4.78, 5) is 23.6. The van der Waals surface area contributed by atoms with E-state index >= 15 is 0 Å². The van der Waals surface area contributed by atoms with Crippen molar-refractivity contribution in [2.24, 2.45) is 0 Å². The van der Waals surface area contributed by atoms with Crippen LogP contribution in [0.2, 0.25) is 0 Å². The van der Waals surface area contributed by atoms with Gasteiger partial charge in [0.1, 0.15) is 17.6 Å². The second kappa shape index (κ2) is 5.61. The molecule has 2 aromatic rings. The monoisotopic (exact) mass is 273 g/mol. The Labute approximate surface area is 115 Å². The third-order valence-corrected chi connectivity index (χ3v) is 2.63. The Bertz CT molecular complexity index is 728. The Hall–Kier alpha value is -2.56. The molecule has 104 valence electrons. The molecule has 2 N–H and O–H groups in total. The first-order valence-electron chi connectivity index (χ1n) is 6.20. The van der Waals surface area contributed by atoms with Crippen LogP contribution in [0.3, 0.4) is 0 Å². The van der Waals surface area contributed by atoms with E-state index in [1.165, 1.54) is 36.6 Å². The van der Waals surface area contributed by atoms with Crippen molar-refractivity contribution in [2.45, 2.75) is 19.9 Å². The summed E-state index contributed by atoms with van der Waals surface area (Å²) in [5.41, 5.74) is 0.334. The molecule has 1 amide bonds. The molecule has 1 aromatic heterocycles. The number of rotatable bonds is 3. The van der Waals surface area contributed by atoms with Crippen LogP contribution in [0.25, 0.3) is 17.0 Å². The maximum Gasteiger partial charge on any atom is 0.244 e. The lowest BCUT2D eigenvalue weighted by Crippen LogP contribution is -2.28. The summed E-state index contributed by atoms with van der Waals surface area (Å²) in [7, 11) is 0. The highest BCUT2D eigenvalue weighted by molar-refractivity contribution is 5.92. The fourth-order valence-electron chi connectivity index (χ4n) is 1.75. The summed E-state index contributed by atoms with van der Waals surface area (Å²) < 4.78 is 5.27. The molecule has 1 heterocycles. The maximum absolute atomic E-state index is 12.1. The molecule has 0 aliphatic carbocycles. The number of carbonyl (C=O) groups is 1. The van der Waals surface area contributed by atoms with Gasteiger partial charge in [0.25, 0.3) is 0 Å². The van der Waals surface area contributed by atoms with E-state index in [0.717, 1.165) is 0 Å². The maximum atomic E-state index is 12.1. The van der Waals surface area contributed by atoms with Gasteiger partial charge in [-0.2, -0.15) is 0 Å². The molecule has 20 heavy (non-hydrogen) atoms. The normalized spacial score (nSPS) is 11.3. The smallest absolute Gasteiger partial charge is 0.244 e. The molecule has 0 spiro atoms. The lowest BCUT2D eigenvalue weighted by molar-refractivity contribution is -0.116. The van der Waals surface area contributed by atoms with E-state index in [9.17, 15) is 14.7 Å². The van der Waals surface area contributed by atoms with E-state index in [1.54, 1.807) is 0 Å². The zero-order valence-corrected chi connectivity index (χ0v) is 11.2.